The fraction of sp³-hybridized carbons (Fsp3) is 0.222. The molecule has 26 heavy (non-hydrogen) atoms. The van der Waals surface area contributed by atoms with E-state index in [0.29, 0.717) is 12.8 Å². The van der Waals surface area contributed by atoms with Crippen molar-refractivity contribution in [3.8, 4) is 17.2 Å². The molecule has 0 spiro atoms. The number of amides is 1. The lowest BCUT2D eigenvalue weighted by atomic mass is 10.1. The number of nitrogens with zero attached hydrogens (tertiary/aromatic N) is 4. The predicted molar refractivity (Wildman–Crippen MR) is 93.4 cm³/mol. The molecule has 0 saturated heterocycles. The van der Waals surface area contributed by atoms with E-state index >= 15 is 0 Å². The Kier molecular flexibility index (Phi) is 4.22. The van der Waals surface area contributed by atoms with E-state index in [1.807, 2.05) is 43.3 Å². The summed E-state index contributed by atoms with van der Waals surface area (Å²) in [7, 11) is 0. The van der Waals surface area contributed by atoms with Crippen molar-refractivity contribution < 1.29 is 14.3 Å². The number of hydrogen-bond donors (Lipinski definition) is 1. The molecule has 0 aliphatic carbocycles. The van der Waals surface area contributed by atoms with Gasteiger partial charge in [0.2, 0.25) is 12.7 Å². The minimum absolute atomic E-state index is 0.0442. The normalized spacial score (nSPS) is 12.2. The van der Waals surface area contributed by atoms with Crippen LogP contribution in [0, 0.1) is 6.92 Å². The lowest BCUT2D eigenvalue weighted by molar-refractivity contribution is -0.116. The van der Waals surface area contributed by atoms with Gasteiger partial charge < -0.3 is 14.8 Å². The van der Waals surface area contributed by atoms with Crippen LogP contribution in [0.2, 0.25) is 0 Å². The van der Waals surface area contributed by atoms with E-state index in [2.05, 4.69) is 20.8 Å². The molecule has 2 aromatic carbocycles. The highest BCUT2D eigenvalue weighted by Gasteiger charge is 2.14. The molecule has 132 valence electrons. The largest absolute Gasteiger partial charge is 0.454 e. The lowest BCUT2D eigenvalue weighted by Crippen LogP contribution is -2.12. The summed E-state index contributed by atoms with van der Waals surface area (Å²) in [4.78, 5) is 12.2. The van der Waals surface area contributed by atoms with Gasteiger partial charge in [0.25, 0.3) is 0 Å². The summed E-state index contributed by atoms with van der Waals surface area (Å²) in [5, 5.41) is 14.1. The molecule has 0 unspecified atom stereocenters. The summed E-state index contributed by atoms with van der Waals surface area (Å²) in [5.74, 6) is 1.44. The number of aryl methyl sites for hydroxylation is 2. The number of ether oxygens (including phenoxy) is 2. The molecule has 0 radical (unpaired) electrons. The number of carbonyl (C=O) groups is 1. The number of tetrazole rings is 1. The van der Waals surface area contributed by atoms with Gasteiger partial charge in [-0.2, -0.15) is 0 Å². The summed E-state index contributed by atoms with van der Waals surface area (Å²) >= 11 is 0. The SMILES string of the molecule is Cc1cc(NC(=O)CCc2ccc3c(c2)OCO3)ccc1-n1cnnn1. The van der Waals surface area contributed by atoms with Gasteiger partial charge in [0.1, 0.15) is 6.33 Å². The quantitative estimate of drug-likeness (QED) is 0.758. The molecule has 1 amide bonds. The van der Waals surface area contributed by atoms with E-state index in [1.165, 1.54) is 6.33 Å². The van der Waals surface area contributed by atoms with E-state index in [0.717, 1.165) is 34.0 Å². The Morgan fingerprint density at radius 3 is 2.88 bits per heavy atom. The second kappa shape index (κ2) is 6.83. The minimum atomic E-state index is -0.0442. The van der Waals surface area contributed by atoms with E-state index < -0.39 is 0 Å². The van der Waals surface area contributed by atoms with Crippen LogP contribution in [0.3, 0.4) is 0 Å². The lowest BCUT2D eigenvalue weighted by Gasteiger charge is -2.09. The summed E-state index contributed by atoms with van der Waals surface area (Å²) in [5.41, 5.74) is 3.61. The van der Waals surface area contributed by atoms with Crippen molar-refractivity contribution in [2.24, 2.45) is 0 Å². The highest BCUT2D eigenvalue weighted by molar-refractivity contribution is 5.91. The summed E-state index contributed by atoms with van der Waals surface area (Å²) < 4.78 is 12.2. The van der Waals surface area contributed by atoms with Crippen LogP contribution < -0.4 is 14.8 Å². The predicted octanol–water partition coefficient (Wildman–Crippen LogP) is 2.27. The van der Waals surface area contributed by atoms with Gasteiger partial charge in [0.05, 0.1) is 5.69 Å². The standard InChI is InChI=1S/C18H17N5O3/c1-12-8-14(4-5-15(12)23-10-19-21-22-23)20-18(24)7-3-13-2-6-16-17(9-13)26-11-25-16/h2,4-6,8-10H,3,7,11H2,1H3,(H,20,24). The first-order valence-electron chi connectivity index (χ1n) is 8.21. The highest BCUT2D eigenvalue weighted by Crippen LogP contribution is 2.32. The van der Waals surface area contributed by atoms with Gasteiger partial charge in [-0.05, 0) is 65.2 Å². The maximum absolute atomic E-state index is 12.2. The van der Waals surface area contributed by atoms with E-state index in [-0.39, 0.29) is 12.7 Å². The first kappa shape index (κ1) is 16.1. The van der Waals surface area contributed by atoms with Gasteiger partial charge >= 0.3 is 0 Å². The van der Waals surface area contributed by atoms with Gasteiger partial charge in [-0.15, -0.1) is 5.10 Å². The van der Waals surface area contributed by atoms with E-state index in [1.54, 1.807) is 4.68 Å². The molecular weight excluding hydrogens is 334 g/mol. The van der Waals surface area contributed by atoms with Crippen molar-refractivity contribution in [3.05, 3.63) is 53.9 Å². The monoisotopic (exact) mass is 351 g/mol. The van der Waals surface area contributed by atoms with Crippen LogP contribution >= 0.6 is 0 Å². The topological polar surface area (TPSA) is 91.2 Å². The maximum atomic E-state index is 12.2. The first-order chi connectivity index (χ1) is 12.7. The second-order valence-electron chi connectivity index (χ2n) is 5.99. The zero-order valence-corrected chi connectivity index (χ0v) is 14.2. The molecule has 8 heteroatoms. The first-order valence-corrected chi connectivity index (χ1v) is 8.21. The van der Waals surface area contributed by atoms with Crippen molar-refractivity contribution in [3.63, 3.8) is 0 Å². The molecule has 8 nitrogen and oxygen atoms in total. The molecule has 0 saturated carbocycles. The van der Waals surface area contributed by atoms with Crippen LogP contribution in [0.25, 0.3) is 5.69 Å². The minimum Gasteiger partial charge on any atom is -0.454 e. The van der Waals surface area contributed by atoms with Gasteiger partial charge in [-0.1, -0.05) is 6.07 Å². The van der Waals surface area contributed by atoms with Crippen molar-refractivity contribution in [2.75, 3.05) is 12.1 Å². The number of aromatic nitrogens is 4. The van der Waals surface area contributed by atoms with Gasteiger partial charge in [-0.25, -0.2) is 4.68 Å². The van der Waals surface area contributed by atoms with Crippen molar-refractivity contribution in [2.45, 2.75) is 19.8 Å². The average Bonchev–Trinajstić information content (AvgIpc) is 3.31. The zero-order chi connectivity index (χ0) is 17.9. The Balaban J connectivity index is 1.37. The molecule has 4 rings (SSSR count). The molecule has 3 aromatic rings. The molecule has 2 heterocycles. The number of anilines is 1. The summed E-state index contributed by atoms with van der Waals surface area (Å²) in [6, 6.07) is 11.3. The Hall–Kier alpha value is -3.42. The number of benzene rings is 2. The number of carbonyl (C=O) groups excluding carboxylic acids is 1. The number of fused-ring (bicyclic) bond motifs is 1. The van der Waals surface area contributed by atoms with E-state index in [9.17, 15) is 4.79 Å². The number of hydrogen-bond acceptors (Lipinski definition) is 6. The van der Waals surface area contributed by atoms with Gasteiger partial charge in [0.15, 0.2) is 11.5 Å². The number of rotatable bonds is 5. The van der Waals surface area contributed by atoms with Crippen LogP contribution in [0.5, 0.6) is 11.5 Å². The highest BCUT2D eigenvalue weighted by atomic mass is 16.7. The van der Waals surface area contributed by atoms with Crippen LogP contribution in [-0.4, -0.2) is 32.9 Å². The third-order valence-electron chi connectivity index (χ3n) is 4.15. The van der Waals surface area contributed by atoms with Crippen LogP contribution in [0.1, 0.15) is 17.5 Å². The Morgan fingerprint density at radius 2 is 2.08 bits per heavy atom. The van der Waals surface area contributed by atoms with Crippen molar-refractivity contribution in [1.82, 2.24) is 20.2 Å². The third kappa shape index (κ3) is 3.34. The molecule has 1 aromatic heterocycles. The molecule has 0 bridgehead atoms. The smallest absolute Gasteiger partial charge is 0.231 e. The molecule has 1 aliphatic heterocycles. The fourth-order valence-electron chi connectivity index (χ4n) is 2.84. The van der Waals surface area contributed by atoms with Gasteiger partial charge in [-0.3, -0.25) is 4.79 Å². The molecule has 0 fully saturated rings. The van der Waals surface area contributed by atoms with Crippen molar-refractivity contribution in [1.29, 1.82) is 0 Å². The van der Waals surface area contributed by atoms with Crippen molar-refractivity contribution >= 4 is 11.6 Å². The fourth-order valence-corrected chi connectivity index (χ4v) is 2.84. The average molecular weight is 351 g/mol. The third-order valence-corrected chi connectivity index (χ3v) is 4.15. The Labute approximate surface area is 149 Å². The second-order valence-corrected chi connectivity index (χ2v) is 5.99. The Bertz CT molecular complexity index is 940. The maximum Gasteiger partial charge on any atom is 0.231 e. The summed E-state index contributed by atoms with van der Waals surface area (Å²) in [6.45, 7) is 2.19. The van der Waals surface area contributed by atoms with Crippen LogP contribution in [-0.2, 0) is 11.2 Å². The molecule has 1 aliphatic rings. The van der Waals surface area contributed by atoms with E-state index in [4.69, 9.17) is 9.47 Å². The molecule has 0 atom stereocenters. The molecular formula is C18H17N5O3. The van der Waals surface area contributed by atoms with Crippen LogP contribution in [0.15, 0.2) is 42.7 Å². The van der Waals surface area contributed by atoms with Gasteiger partial charge in [0, 0.05) is 12.1 Å². The summed E-state index contributed by atoms with van der Waals surface area (Å²) in [6.07, 6.45) is 2.55. The zero-order valence-electron chi connectivity index (χ0n) is 14.2. The molecule has 1 N–H and O–H groups in total. The number of nitrogens with one attached hydrogen (secondary N) is 1. The van der Waals surface area contributed by atoms with Crippen LogP contribution in [0.4, 0.5) is 5.69 Å². The Morgan fingerprint density at radius 1 is 1.19 bits per heavy atom.